The first-order chi connectivity index (χ1) is 42.0. The number of aromatic nitrogens is 3. The molecule has 27 heteroatoms. The van der Waals surface area contributed by atoms with E-state index in [1.807, 2.05) is 49.7 Å². The number of nitrogens with zero attached hydrogens (tertiary/aromatic N) is 12. The van der Waals surface area contributed by atoms with Gasteiger partial charge in [-0.3, -0.25) is 59.1 Å². The maximum atomic E-state index is 13.2. The van der Waals surface area contributed by atoms with Crippen molar-refractivity contribution in [3.63, 3.8) is 0 Å². The molecule has 87 heavy (non-hydrogen) atoms. The lowest BCUT2D eigenvalue weighted by Gasteiger charge is -2.36. The third-order valence-electron chi connectivity index (χ3n) is 16.2. The molecule has 1 aliphatic carbocycles. The van der Waals surface area contributed by atoms with Gasteiger partial charge in [-0.15, -0.1) is 0 Å². The van der Waals surface area contributed by atoms with E-state index in [2.05, 4.69) is 0 Å². The van der Waals surface area contributed by atoms with Crippen molar-refractivity contribution in [2.75, 3.05) is 93.2 Å². The molecule has 9 aromatic rings. The number of carbonyl (C=O) groups excluding carboxylic acids is 3. The molecule has 13 rings (SSSR count). The van der Waals surface area contributed by atoms with Gasteiger partial charge in [0.05, 0.1) is 55.0 Å². The average Bonchev–Trinajstić information content (AvgIpc) is 1.88. The van der Waals surface area contributed by atoms with Gasteiger partial charge in [0, 0.05) is 121 Å². The molecule has 3 saturated heterocycles. The van der Waals surface area contributed by atoms with Crippen LogP contribution in [0.15, 0.2) is 150 Å². The van der Waals surface area contributed by atoms with Gasteiger partial charge in [0.1, 0.15) is 23.3 Å². The van der Waals surface area contributed by atoms with Crippen molar-refractivity contribution in [3.05, 3.63) is 205 Å². The Hall–Kier alpha value is -10.4. The number of carbonyl (C=O) groups is 3. The predicted octanol–water partition coefficient (Wildman–Crippen LogP) is 7.35. The minimum atomic E-state index is -0.643. The molecule has 0 unspecified atom stereocenters. The summed E-state index contributed by atoms with van der Waals surface area (Å²) in [5.41, 5.74) is 1.06. The largest absolute Gasteiger partial charge is 0.472 e. The summed E-state index contributed by atoms with van der Waals surface area (Å²) >= 11 is 1.47. The first-order valence-corrected chi connectivity index (χ1v) is 29.0. The molecule has 3 aromatic carbocycles. The van der Waals surface area contributed by atoms with Gasteiger partial charge in [-0.05, 0) is 66.6 Å². The second-order valence-electron chi connectivity index (χ2n) is 21.3. The molecular weight excluding hydrogens is 1140 g/mol. The van der Waals surface area contributed by atoms with E-state index >= 15 is 0 Å². The first-order valence-electron chi connectivity index (χ1n) is 28.0. The number of rotatable bonds is 11. The Labute approximate surface area is 497 Å². The molecule has 0 N–H and O–H groups in total. The number of hydrogen-bond donors (Lipinski definition) is 0. The normalized spacial score (nSPS) is 15.2. The SMILES string of the molecule is Cn1c(=O)c([N+](=O)[O-])c(N2CCN(C(=O)c3ccoc3)CC2)c2ccccc21.Cn1c(=O)c([N+](=O)[O-])c(N2CCN(C(=O)c3ccsc3)CC2)c2ccccc21.O=C(c1ccco1)N1CCN(c2c([N+](=O)[O-])c(=O)n(CC3CC3)c3ccccc23)CC1. The zero-order valence-corrected chi connectivity index (χ0v) is 48.1. The molecule has 3 aliphatic heterocycles. The highest BCUT2D eigenvalue weighted by atomic mass is 32.1. The van der Waals surface area contributed by atoms with Gasteiger partial charge in [0.15, 0.2) is 5.76 Å². The summed E-state index contributed by atoms with van der Waals surface area (Å²) < 4.78 is 14.3. The van der Waals surface area contributed by atoms with Gasteiger partial charge in [0.25, 0.3) is 17.7 Å². The van der Waals surface area contributed by atoms with Crippen molar-refractivity contribution < 1.29 is 38.0 Å². The van der Waals surface area contributed by atoms with E-state index in [1.54, 1.807) is 99.1 Å². The molecule has 0 atom stereocenters. The van der Waals surface area contributed by atoms with Crippen LogP contribution in [0.2, 0.25) is 0 Å². The molecule has 6 aromatic heterocycles. The number of thiophene rings is 1. The monoisotopic (exact) mass is 1200 g/mol. The van der Waals surface area contributed by atoms with Crippen molar-refractivity contribution in [1.82, 2.24) is 28.4 Å². The van der Waals surface area contributed by atoms with Gasteiger partial charge >= 0.3 is 33.7 Å². The van der Waals surface area contributed by atoms with Crippen molar-refractivity contribution in [2.24, 2.45) is 20.0 Å². The average molecular weight is 1200 g/mol. The Balaban J connectivity index is 0.000000135. The highest BCUT2D eigenvalue weighted by molar-refractivity contribution is 7.08. The minimum absolute atomic E-state index is 0.0377. The Morgan fingerprint density at radius 2 is 0.931 bits per heavy atom. The van der Waals surface area contributed by atoms with Gasteiger partial charge in [-0.2, -0.15) is 11.3 Å². The van der Waals surface area contributed by atoms with Crippen LogP contribution in [0, 0.1) is 36.3 Å². The van der Waals surface area contributed by atoms with Gasteiger partial charge < -0.3 is 51.9 Å². The van der Waals surface area contributed by atoms with Crippen LogP contribution in [0.3, 0.4) is 0 Å². The predicted molar refractivity (Wildman–Crippen MR) is 325 cm³/mol. The number of anilines is 3. The van der Waals surface area contributed by atoms with E-state index < -0.39 is 42.8 Å². The number of furan rings is 2. The summed E-state index contributed by atoms with van der Waals surface area (Å²) in [6, 6.07) is 28.3. The molecule has 9 heterocycles. The summed E-state index contributed by atoms with van der Waals surface area (Å²) in [4.78, 5) is 120. The quantitative estimate of drug-likeness (QED) is 0.0903. The first kappa shape index (κ1) is 58.3. The number of nitro groups is 3. The molecule has 0 spiro atoms. The topological polar surface area (TPSA) is 292 Å². The number of aryl methyl sites for hydroxylation is 2. The molecule has 4 fully saturated rings. The number of benzene rings is 3. The fourth-order valence-corrected chi connectivity index (χ4v) is 12.2. The van der Waals surface area contributed by atoms with Gasteiger partial charge in [0.2, 0.25) is 0 Å². The summed E-state index contributed by atoms with van der Waals surface area (Å²) in [6.07, 6.45) is 6.38. The van der Waals surface area contributed by atoms with E-state index in [1.165, 1.54) is 46.3 Å². The van der Waals surface area contributed by atoms with Crippen LogP contribution in [0.1, 0.15) is 44.1 Å². The molecule has 1 saturated carbocycles. The van der Waals surface area contributed by atoms with Crippen LogP contribution in [-0.2, 0) is 20.6 Å². The summed E-state index contributed by atoms with van der Waals surface area (Å²) in [5, 5.41) is 41.1. The summed E-state index contributed by atoms with van der Waals surface area (Å²) in [6.45, 7) is 5.36. The van der Waals surface area contributed by atoms with Crippen LogP contribution in [-0.4, -0.2) is 139 Å². The van der Waals surface area contributed by atoms with Crippen LogP contribution >= 0.6 is 11.3 Å². The van der Waals surface area contributed by atoms with Crippen LogP contribution in [0.5, 0.6) is 0 Å². The van der Waals surface area contributed by atoms with E-state index in [9.17, 15) is 59.1 Å². The number of pyridine rings is 3. The maximum Gasteiger partial charge on any atom is 0.357 e. The van der Waals surface area contributed by atoms with E-state index in [0.717, 1.165) is 12.8 Å². The lowest BCUT2D eigenvalue weighted by Crippen LogP contribution is -2.49. The number of fused-ring (bicyclic) bond motifs is 3. The highest BCUT2D eigenvalue weighted by Gasteiger charge is 2.36. The Kier molecular flexibility index (Phi) is 16.5. The van der Waals surface area contributed by atoms with Crippen LogP contribution < -0.4 is 31.4 Å². The van der Waals surface area contributed by atoms with Crippen LogP contribution in [0.25, 0.3) is 32.7 Å². The lowest BCUT2D eigenvalue weighted by atomic mass is 10.1. The van der Waals surface area contributed by atoms with Gasteiger partial charge in [-0.1, -0.05) is 54.6 Å². The third-order valence-corrected chi connectivity index (χ3v) is 16.9. The van der Waals surface area contributed by atoms with E-state index in [-0.39, 0.29) is 29.2 Å². The molecule has 3 amide bonds. The third kappa shape index (κ3) is 11.5. The second kappa shape index (κ2) is 24.6. The van der Waals surface area contributed by atoms with Crippen molar-refractivity contribution in [3.8, 4) is 0 Å². The Bertz CT molecular complexity index is 4130. The van der Waals surface area contributed by atoms with Crippen molar-refractivity contribution in [2.45, 2.75) is 19.4 Å². The summed E-state index contributed by atoms with van der Waals surface area (Å²) in [5.74, 6) is 0.292. The number of para-hydroxylation sites is 3. The lowest BCUT2D eigenvalue weighted by molar-refractivity contribution is -0.385. The van der Waals surface area contributed by atoms with Gasteiger partial charge in [-0.25, -0.2) is 0 Å². The van der Waals surface area contributed by atoms with Crippen molar-refractivity contribution in [1.29, 1.82) is 0 Å². The fraction of sp³-hybridized carbons (Fsp3) is 0.300. The molecular formula is C60H58N12O14S. The molecule has 448 valence electrons. The fourth-order valence-electron chi connectivity index (χ4n) is 11.6. The second-order valence-corrected chi connectivity index (χ2v) is 22.1. The number of piperazine rings is 3. The van der Waals surface area contributed by atoms with Crippen molar-refractivity contribution >= 4 is 95.9 Å². The van der Waals surface area contributed by atoms with E-state index in [4.69, 9.17) is 8.83 Å². The minimum Gasteiger partial charge on any atom is -0.472 e. The van der Waals surface area contributed by atoms with Crippen LogP contribution in [0.4, 0.5) is 34.1 Å². The highest BCUT2D eigenvalue weighted by Crippen LogP contribution is 2.39. The summed E-state index contributed by atoms with van der Waals surface area (Å²) in [7, 11) is 3.07. The Morgan fingerprint density at radius 3 is 1.33 bits per heavy atom. The molecule has 0 bridgehead atoms. The number of amides is 3. The zero-order valence-electron chi connectivity index (χ0n) is 47.3. The smallest absolute Gasteiger partial charge is 0.357 e. The van der Waals surface area contributed by atoms with E-state index in [0.29, 0.717) is 152 Å². The molecule has 26 nitrogen and oxygen atoms in total. The molecule has 4 aliphatic rings. The molecule has 0 radical (unpaired) electrons. The number of hydrogen-bond acceptors (Lipinski definition) is 18. The Morgan fingerprint density at radius 1 is 0.506 bits per heavy atom. The zero-order chi connectivity index (χ0) is 61.2. The maximum absolute atomic E-state index is 13.2. The standard InChI is InChI=1S/C22H22N4O5.C19H18N4O5.C19H18N4O4S/c27-21(18-6-3-13-31-18)24-11-9-23(10-12-24)19-16-4-1-2-5-17(16)25(14-15-7-8-15)22(28)20(19)26(29)30;2*1-20-15-5-3-2-4-14(15)16(17(19(20)25)23(26)27)21-7-9-22(10-8-21)18(24)13-6-11-28-12-13/h1-6,13,15H,7-12,14H2;2*2-6,11-12H,7-10H2,1H3.